The van der Waals surface area contributed by atoms with E-state index in [1.165, 1.54) is 4.88 Å². The molecule has 0 aliphatic rings. The maximum Gasteiger partial charge on any atom is 0.251 e. The van der Waals surface area contributed by atoms with Gasteiger partial charge in [0.2, 0.25) is 0 Å². The van der Waals surface area contributed by atoms with E-state index in [2.05, 4.69) is 11.1 Å². The van der Waals surface area contributed by atoms with E-state index in [9.17, 15) is 4.79 Å². The number of pyridine rings is 2. The first-order chi connectivity index (χ1) is 16.9. The summed E-state index contributed by atoms with van der Waals surface area (Å²) in [4.78, 5) is 17.2. The number of aryl methyl sites for hydroxylation is 3. The zero-order valence-corrected chi connectivity index (χ0v) is 21.9. The number of rotatable bonds is 6. The lowest BCUT2D eigenvalue weighted by atomic mass is 9.84. The molecular formula is C28H21Cl3N2OS. The van der Waals surface area contributed by atoms with Crippen molar-refractivity contribution in [2.45, 2.75) is 17.7 Å². The van der Waals surface area contributed by atoms with E-state index in [1.807, 2.05) is 60.7 Å². The van der Waals surface area contributed by atoms with Crippen LogP contribution in [0.25, 0.3) is 10.9 Å². The number of hydrogen-bond acceptors (Lipinski definition) is 3. The topological polar surface area (TPSA) is 34.9 Å². The Morgan fingerprint density at radius 1 is 0.914 bits per heavy atom. The van der Waals surface area contributed by atoms with Gasteiger partial charge in [-0.2, -0.15) is 0 Å². The van der Waals surface area contributed by atoms with E-state index in [0.29, 0.717) is 5.02 Å². The Labute approximate surface area is 222 Å². The Balaban J connectivity index is 1.69. The zero-order chi connectivity index (χ0) is 24.6. The van der Waals surface area contributed by atoms with Gasteiger partial charge in [-0.25, -0.2) is 0 Å². The van der Waals surface area contributed by atoms with Crippen molar-refractivity contribution in [2.24, 2.45) is 7.05 Å². The minimum absolute atomic E-state index is 0.0356. The van der Waals surface area contributed by atoms with Crippen LogP contribution in [0.1, 0.15) is 27.1 Å². The summed E-state index contributed by atoms with van der Waals surface area (Å²) >= 11 is 21.4. The van der Waals surface area contributed by atoms with Crippen LogP contribution in [0.3, 0.4) is 0 Å². The molecule has 0 aliphatic carbocycles. The zero-order valence-electron chi connectivity index (χ0n) is 18.8. The van der Waals surface area contributed by atoms with E-state index < -0.39 is 4.87 Å². The SMILES string of the molecule is Cn1c(=O)cc(CCc2ccc(Cl)s2)c2cc(C(Cl)(c3ccc(Cl)cc3)c3cccnc3)ccc21. The molecule has 3 aromatic heterocycles. The molecule has 3 heterocycles. The first kappa shape index (κ1) is 24.1. The van der Waals surface area contributed by atoms with E-state index in [4.69, 9.17) is 34.8 Å². The van der Waals surface area contributed by atoms with E-state index >= 15 is 0 Å². The fourth-order valence-electron chi connectivity index (χ4n) is 4.44. The summed E-state index contributed by atoms with van der Waals surface area (Å²) in [7, 11) is 1.79. The lowest BCUT2D eigenvalue weighted by Crippen LogP contribution is -2.23. The number of alkyl halides is 1. The van der Waals surface area contributed by atoms with Crippen molar-refractivity contribution in [1.29, 1.82) is 0 Å². The highest BCUT2D eigenvalue weighted by Crippen LogP contribution is 2.44. The predicted octanol–water partition coefficient (Wildman–Crippen LogP) is 7.62. The lowest BCUT2D eigenvalue weighted by Gasteiger charge is -2.29. The Morgan fingerprint density at radius 2 is 1.69 bits per heavy atom. The fraction of sp³-hybridized carbons (Fsp3) is 0.143. The second-order valence-corrected chi connectivity index (χ2v) is 11.2. The third kappa shape index (κ3) is 4.64. The maximum absolute atomic E-state index is 12.7. The number of halogens is 3. The molecule has 2 aromatic carbocycles. The Hall–Kier alpha value is -2.63. The highest BCUT2D eigenvalue weighted by atomic mass is 35.5. The first-order valence-electron chi connectivity index (χ1n) is 11.1. The van der Waals surface area contributed by atoms with Gasteiger partial charge in [0, 0.05) is 46.4 Å². The summed E-state index contributed by atoms with van der Waals surface area (Å²) < 4.78 is 2.44. The molecule has 5 rings (SSSR count). The van der Waals surface area contributed by atoms with Crippen LogP contribution in [0, 0.1) is 0 Å². The summed E-state index contributed by atoms with van der Waals surface area (Å²) in [5, 5.41) is 1.64. The van der Waals surface area contributed by atoms with Gasteiger partial charge >= 0.3 is 0 Å². The number of benzene rings is 2. The molecule has 3 nitrogen and oxygen atoms in total. The smallest absolute Gasteiger partial charge is 0.251 e. The molecule has 0 saturated carbocycles. The van der Waals surface area contributed by atoms with Crippen LogP contribution < -0.4 is 5.56 Å². The quantitative estimate of drug-likeness (QED) is 0.208. The van der Waals surface area contributed by atoms with Crippen molar-refractivity contribution in [2.75, 3.05) is 0 Å². The lowest BCUT2D eigenvalue weighted by molar-refractivity contribution is 0.864. The molecule has 0 N–H and O–H groups in total. The summed E-state index contributed by atoms with van der Waals surface area (Å²) in [6.07, 6.45) is 5.04. The minimum atomic E-state index is -0.986. The van der Waals surface area contributed by atoms with E-state index in [1.54, 1.807) is 41.4 Å². The highest BCUT2D eigenvalue weighted by Gasteiger charge is 2.35. The molecule has 0 bridgehead atoms. The molecule has 0 spiro atoms. The third-order valence-corrected chi connectivity index (χ3v) is 8.50. The van der Waals surface area contributed by atoms with Crippen molar-refractivity contribution in [1.82, 2.24) is 9.55 Å². The highest BCUT2D eigenvalue weighted by molar-refractivity contribution is 7.16. The van der Waals surface area contributed by atoms with Gasteiger partial charge in [0.25, 0.3) is 5.56 Å². The monoisotopic (exact) mass is 538 g/mol. The molecule has 0 aliphatic heterocycles. The number of nitrogens with zero attached hydrogens (tertiary/aromatic N) is 2. The average Bonchev–Trinajstić information content (AvgIpc) is 3.30. The van der Waals surface area contributed by atoms with Crippen molar-refractivity contribution < 1.29 is 0 Å². The van der Waals surface area contributed by atoms with Crippen molar-refractivity contribution >= 4 is 57.0 Å². The Morgan fingerprint density at radius 3 is 2.37 bits per heavy atom. The van der Waals surface area contributed by atoms with Crippen LogP contribution in [0.5, 0.6) is 0 Å². The van der Waals surface area contributed by atoms with Crippen LogP contribution in [0.15, 0.2) is 90.0 Å². The standard InChI is InChI=1S/C28H21Cl3N2OS/c1-33-25-12-7-20(16-24(25)18(15-27(33)34)4-10-23-11-13-26(30)35-23)28(31,21-3-2-14-32-17-21)19-5-8-22(29)9-6-19/h2-3,5-9,11-17H,4,10H2,1H3. The molecule has 0 radical (unpaired) electrons. The van der Waals surface area contributed by atoms with Gasteiger partial charge in [-0.1, -0.05) is 47.5 Å². The Bertz CT molecular complexity index is 1560. The van der Waals surface area contributed by atoms with Gasteiger partial charge in [0.1, 0.15) is 4.87 Å². The maximum atomic E-state index is 12.7. The number of aromatic nitrogens is 2. The van der Waals surface area contributed by atoms with Crippen molar-refractivity contribution in [3.63, 3.8) is 0 Å². The van der Waals surface area contributed by atoms with Gasteiger partial charge in [0.15, 0.2) is 0 Å². The van der Waals surface area contributed by atoms with Gasteiger partial charge in [0.05, 0.1) is 9.85 Å². The molecule has 176 valence electrons. The summed E-state index contributed by atoms with van der Waals surface area (Å²) in [5.74, 6) is 0. The van der Waals surface area contributed by atoms with Crippen LogP contribution in [0.2, 0.25) is 9.36 Å². The normalized spacial score (nSPS) is 13.1. The van der Waals surface area contributed by atoms with Crippen LogP contribution >= 0.6 is 46.1 Å². The number of fused-ring (bicyclic) bond motifs is 1. The molecule has 35 heavy (non-hydrogen) atoms. The predicted molar refractivity (Wildman–Crippen MR) is 147 cm³/mol. The fourth-order valence-corrected chi connectivity index (χ4v) is 6.01. The van der Waals surface area contributed by atoms with Gasteiger partial charge in [-0.3, -0.25) is 9.78 Å². The second-order valence-electron chi connectivity index (χ2n) is 8.41. The second kappa shape index (κ2) is 9.79. The molecule has 0 fully saturated rings. The molecular weight excluding hydrogens is 519 g/mol. The van der Waals surface area contributed by atoms with Crippen LogP contribution in [-0.2, 0) is 24.8 Å². The van der Waals surface area contributed by atoms with Gasteiger partial charge in [-0.15, -0.1) is 22.9 Å². The number of thiophene rings is 1. The van der Waals surface area contributed by atoms with E-state index in [0.717, 1.165) is 50.3 Å². The van der Waals surface area contributed by atoms with Crippen LogP contribution in [-0.4, -0.2) is 9.55 Å². The van der Waals surface area contributed by atoms with Crippen LogP contribution in [0.4, 0.5) is 0 Å². The molecule has 7 heteroatoms. The molecule has 5 aromatic rings. The van der Waals surface area contributed by atoms with Gasteiger partial charge < -0.3 is 4.57 Å². The third-order valence-electron chi connectivity index (χ3n) is 6.30. The van der Waals surface area contributed by atoms with Gasteiger partial charge in [-0.05, 0) is 72.0 Å². The molecule has 0 saturated heterocycles. The van der Waals surface area contributed by atoms with Crippen molar-refractivity contribution in [3.05, 3.63) is 132 Å². The largest absolute Gasteiger partial charge is 0.311 e. The Kier molecular flexibility index (Phi) is 6.73. The van der Waals surface area contributed by atoms with E-state index in [-0.39, 0.29) is 5.56 Å². The summed E-state index contributed by atoms with van der Waals surface area (Å²) in [6.45, 7) is 0. The molecule has 0 amide bonds. The summed E-state index contributed by atoms with van der Waals surface area (Å²) in [5.41, 5.74) is 4.43. The number of hydrogen-bond donors (Lipinski definition) is 0. The minimum Gasteiger partial charge on any atom is -0.311 e. The first-order valence-corrected chi connectivity index (χ1v) is 13.0. The molecule has 1 atom stereocenters. The average molecular weight is 540 g/mol. The van der Waals surface area contributed by atoms with Crippen molar-refractivity contribution in [3.8, 4) is 0 Å². The molecule has 1 unspecified atom stereocenters. The summed E-state index contributed by atoms with van der Waals surface area (Å²) in [6, 6.07) is 23.1.